The molecule has 4 nitrogen and oxygen atoms in total. The minimum Gasteiger partial charge on any atom is -0.455 e. The summed E-state index contributed by atoms with van der Waals surface area (Å²) in [4.78, 5) is 4.98. The van der Waals surface area contributed by atoms with E-state index in [4.69, 9.17) is 8.83 Å². The third-order valence-corrected chi connectivity index (χ3v) is 19.6. The van der Waals surface area contributed by atoms with E-state index >= 15 is 0 Å². The highest BCUT2D eigenvalue weighted by Gasteiger charge is 2.55. The summed E-state index contributed by atoms with van der Waals surface area (Å²) in [5.41, 5.74) is 25.8. The maximum absolute atomic E-state index is 7.71. The number of anilines is 6. The highest BCUT2D eigenvalue weighted by atomic mass is 16.3. The van der Waals surface area contributed by atoms with Gasteiger partial charge in [0.25, 0.3) is 0 Å². The zero-order valence-corrected chi connectivity index (χ0v) is 55.7. The van der Waals surface area contributed by atoms with Gasteiger partial charge < -0.3 is 18.6 Å². The molecule has 0 atom stereocenters. The van der Waals surface area contributed by atoms with Crippen LogP contribution in [-0.2, 0) is 37.9 Å². The molecule has 0 amide bonds. The molecule has 2 aliphatic rings. The van der Waals surface area contributed by atoms with E-state index in [1.807, 2.05) is 0 Å². The van der Waals surface area contributed by atoms with Crippen LogP contribution in [0.15, 0.2) is 203 Å². The molecule has 12 aromatic rings. The second-order valence-electron chi connectivity index (χ2n) is 31.9. The van der Waals surface area contributed by atoms with Crippen LogP contribution < -0.4 is 9.80 Å². The topological polar surface area (TPSA) is 32.8 Å². The highest BCUT2D eigenvalue weighted by molar-refractivity contribution is 6.26. The fraction of sp³-hybridized carbons (Fsp3) is 0.294. The van der Waals surface area contributed by atoms with Crippen LogP contribution in [0.3, 0.4) is 0 Å². The summed E-state index contributed by atoms with van der Waals surface area (Å²) in [6.45, 7) is 41.6. The van der Waals surface area contributed by atoms with Crippen molar-refractivity contribution < 1.29 is 8.83 Å². The lowest BCUT2D eigenvalue weighted by Gasteiger charge is -2.34. The molecule has 448 valence electrons. The lowest BCUT2D eigenvalue weighted by molar-refractivity contribution is 0.589. The van der Waals surface area contributed by atoms with E-state index in [1.54, 1.807) is 0 Å². The summed E-state index contributed by atoms with van der Waals surface area (Å²) < 4.78 is 15.2. The summed E-state index contributed by atoms with van der Waals surface area (Å²) in [6.07, 6.45) is 0. The van der Waals surface area contributed by atoms with Gasteiger partial charge in [-0.25, -0.2) is 0 Å². The number of furan rings is 2. The number of rotatable bonds is 6. The van der Waals surface area contributed by atoms with Crippen molar-refractivity contribution in [1.82, 2.24) is 0 Å². The third kappa shape index (κ3) is 9.20. The van der Waals surface area contributed by atoms with Gasteiger partial charge in [0.2, 0.25) is 0 Å². The first kappa shape index (κ1) is 58.1. The van der Waals surface area contributed by atoms with E-state index in [0.717, 1.165) is 89.1 Å². The van der Waals surface area contributed by atoms with Gasteiger partial charge in [0.1, 0.15) is 16.7 Å². The average molecular weight is 1170 g/mol. The molecule has 0 N–H and O–H groups in total. The average Bonchev–Trinajstić information content (AvgIpc) is 1.49. The molecular weight excluding hydrogens is 1080 g/mol. The number of benzene rings is 10. The van der Waals surface area contributed by atoms with Crippen LogP contribution in [0.5, 0.6) is 0 Å². The molecular formula is C85H86N2O2. The molecule has 0 saturated carbocycles. The van der Waals surface area contributed by atoms with E-state index in [2.05, 4.69) is 329 Å². The quantitative estimate of drug-likeness (QED) is 0.166. The van der Waals surface area contributed by atoms with E-state index in [-0.39, 0.29) is 32.5 Å². The Morgan fingerprint density at radius 3 is 0.978 bits per heavy atom. The van der Waals surface area contributed by atoms with Gasteiger partial charge in [-0.15, -0.1) is 0 Å². The van der Waals surface area contributed by atoms with Crippen molar-refractivity contribution in [2.24, 2.45) is 0 Å². The number of fused-ring (bicyclic) bond motifs is 18. The Balaban J connectivity index is 1.20. The van der Waals surface area contributed by atoms with Crippen molar-refractivity contribution in [1.29, 1.82) is 0 Å². The normalized spacial score (nSPS) is 14.0. The lowest BCUT2D eigenvalue weighted by atomic mass is 9.69. The Bertz CT molecular complexity index is 4610. The predicted octanol–water partition coefficient (Wildman–Crippen LogP) is 24.6. The number of hydrogen-bond acceptors (Lipinski definition) is 4. The van der Waals surface area contributed by atoms with Crippen molar-refractivity contribution in [2.75, 3.05) is 9.80 Å². The van der Waals surface area contributed by atoms with Gasteiger partial charge in [0.15, 0.2) is 5.58 Å². The fourth-order valence-electron chi connectivity index (χ4n) is 14.5. The van der Waals surface area contributed by atoms with Gasteiger partial charge >= 0.3 is 0 Å². The summed E-state index contributed by atoms with van der Waals surface area (Å²) in [5.74, 6) is 0. The van der Waals surface area contributed by atoms with Crippen LogP contribution in [-0.4, -0.2) is 0 Å². The van der Waals surface area contributed by atoms with Crippen LogP contribution in [0.2, 0.25) is 0 Å². The van der Waals surface area contributed by atoms with Gasteiger partial charge in [-0.2, -0.15) is 0 Å². The van der Waals surface area contributed by atoms with Gasteiger partial charge in [-0.3, -0.25) is 0 Å². The zero-order valence-electron chi connectivity index (χ0n) is 55.7. The molecule has 0 radical (unpaired) electrons. The standard InChI is InChI=1S/C85H86N2O2/c1-79(2,3)51-27-37-57(38-28-51)86(58-39-29-52(30-40-58)80(4,5)6)69-49-68-76(78-73(69)61-23-19-21-25-71(61)89-78)75-67(85(68)65-45-35-55(83(13,14)15)47-63(65)64-48-56(84(16,17)18)36-46-66(64)85)50-70(77-74(75)62-24-20-22-26-72(62)88-77)87(59-41-31-53(32-42-59)81(7,8)9)60-43-33-54(34-44-60)82(10,11)12/h19-50H,1-18H3. The second kappa shape index (κ2) is 19.7. The molecule has 89 heavy (non-hydrogen) atoms. The van der Waals surface area contributed by atoms with Gasteiger partial charge in [-0.05, 0) is 172 Å². The molecule has 14 rings (SSSR count). The van der Waals surface area contributed by atoms with Crippen LogP contribution in [0.4, 0.5) is 34.1 Å². The lowest BCUT2D eigenvalue weighted by Crippen LogP contribution is -2.27. The van der Waals surface area contributed by atoms with Gasteiger partial charge in [0, 0.05) is 50.0 Å². The van der Waals surface area contributed by atoms with Crippen molar-refractivity contribution in [3.8, 4) is 22.3 Å². The molecule has 10 aromatic carbocycles. The Morgan fingerprint density at radius 2 is 0.596 bits per heavy atom. The molecule has 0 fully saturated rings. The van der Waals surface area contributed by atoms with Crippen LogP contribution >= 0.6 is 0 Å². The third-order valence-electron chi connectivity index (χ3n) is 19.6. The number of para-hydroxylation sites is 2. The Morgan fingerprint density at radius 1 is 0.281 bits per heavy atom. The first-order chi connectivity index (χ1) is 41.9. The summed E-state index contributed by atoms with van der Waals surface area (Å²) in [6, 6.07) is 74.5. The maximum atomic E-state index is 7.71. The second-order valence-corrected chi connectivity index (χ2v) is 31.9. The molecule has 0 aliphatic heterocycles. The van der Waals surface area contributed by atoms with E-state index in [0.29, 0.717) is 0 Å². The Labute approximate surface area is 528 Å². The summed E-state index contributed by atoms with van der Waals surface area (Å²) in [5, 5.41) is 4.27. The molecule has 4 heteroatoms. The largest absolute Gasteiger partial charge is 0.455 e. The van der Waals surface area contributed by atoms with Crippen molar-refractivity contribution >= 4 is 78.0 Å². The van der Waals surface area contributed by atoms with Crippen molar-refractivity contribution in [3.05, 3.63) is 250 Å². The SMILES string of the molecule is CC(C)(C)c1ccc(N(c2ccc(C(C)(C)C)cc2)c2cc3c(c4c2oc2ccccc24)-c2c(cc(N(c4ccc(C(C)(C)C)cc4)c4ccc(C(C)(C)C)cc4)c4c2oc2ccccc24)C32c3ccc(C(C)(C)C)cc3-c3cc(C(C)(C)C)ccc32)cc1. The van der Waals surface area contributed by atoms with Crippen LogP contribution in [0.25, 0.3) is 66.1 Å². The van der Waals surface area contributed by atoms with Crippen molar-refractivity contribution in [3.63, 3.8) is 0 Å². The molecule has 2 aliphatic carbocycles. The minimum absolute atomic E-state index is 0.0385. The molecule has 2 heterocycles. The maximum Gasteiger partial charge on any atom is 0.160 e. The summed E-state index contributed by atoms with van der Waals surface area (Å²) in [7, 11) is 0. The monoisotopic (exact) mass is 1170 g/mol. The fourth-order valence-corrected chi connectivity index (χ4v) is 14.5. The first-order valence-electron chi connectivity index (χ1n) is 32.2. The molecule has 2 aromatic heterocycles. The van der Waals surface area contributed by atoms with Crippen LogP contribution in [0.1, 0.15) is 180 Å². The Hall–Kier alpha value is -8.60. The molecule has 0 bridgehead atoms. The van der Waals surface area contributed by atoms with E-state index in [9.17, 15) is 0 Å². The minimum atomic E-state index is -0.874. The first-order valence-corrected chi connectivity index (χ1v) is 32.2. The van der Waals surface area contributed by atoms with E-state index < -0.39 is 5.41 Å². The van der Waals surface area contributed by atoms with Gasteiger partial charge in [-0.1, -0.05) is 246 Å². The van der Waals surface area contributed by atoms with Crippen LogP contribution in [0, 0.1) is 0 Å². The predicted molar refractivity (Wildman–Crippen MR) is 379 cm³/mol. The molecule has 0 unspecified atom stereocenters. The smallest absolute Gasteiger partial charge is 0.160 e. The number of hydrogen-bond donors (Lipinski definition) is 0. The molecule has 1 spiro atoms. The van der Waals surface area contributed by atoms with E-state index in [1.165, 1.54) is 66.8 Å². The zero-order chi connectivity index (χ0) is 62.9. The molecule has 0 saturated heterocycles. The van der Waals surface area contributed by atoms with Crippen molar-refractivity contribution in [2.45, 2.75) is 163 Å². The Kier molecular flexibility index (Phi) is 12.9. The summed E-state index contributed by atoms with van der Waals surface area (Å²) >= 11 is 0. The highest BCUT2D eigenvalue weighted by Crippen LogP contribution is 2.69. The van der Waals surface area contributed by atoms with Gasteiger partial charge in [0.05, 0.1) is 22.2 Å². The number of nitrogens with zero attached hydrogens (tertiary/aromatic N) is 2.